The van der Waals surface area contributed by atoms with E-state index in [4.69, 9.17) is 0 Å². The Hall–Kier alpha value is -1.08. The van der Waals surface area contributed by atoms with Crippen LogP contribution in [0.15, 0.2) is 37.9 Å². The first kappa shape index (κ1) is 10.4. The van der Waals surface area contributed by atoms with Gasteiger partial charge in [-0.15, -0.1) is 0 Å². The van der Waals surface area contributed by atoms with Crippen LogP contribution >= 0.6 is 27.7 Å². The number of H-pyrrole nitrogens is 1. The molecule has 0 aromatic carbocycles. The second-order valence-corrected chi connectivity index (χ2v) is 4.66. The Morgan fingerprint density at radius 1 is 1.60 bits per heavy atom. The van der Waals surface area contributed by atoms with Crippen molar-refractivity contribution >= 4 is 27.7 Å². The van der Waals surface area contributed by atoms with E-state index >= 15 is 0 Å². The molecule has 1 N–H and O–H groups in total. The third-order valence-corrected chi connectivity index (χ3v) is 3.61. The molecule has 2 aromatic heterocycles. The van der Waals surface area contributed by atoms with Crippen LogP contribution in [0.4, 0.5) is 0 Å². The Morgan fingerprint density at radius 3 is 3.07 bits per heavy atom. The molecule has 0 amide bonds. The molecule has 0 aliphatic rings. The molecule has 2 aromatic rings. The van der Waals surface area contributed by atoms with Crippen molar-refractivity contribution in [3.8, 4) is 0 Å². The molecule has 0 saturated carbocycles. The minimum absolute atomic E-state index is 0.184. The van der Waals surface area contributed by atoms with Crippen LogP contribution in [0.5, 0.6) is 0 Å². The first-order valence-electron chi connectivity index (χ1n) is 4.06. The van der Waals surface area contributed by atoms with Gasteiger partial charge in [0.05, 0.1) is 17.4 Å². The molecule has 0 unspecified atom stereocenters. The van der Waals surface area contributed by atoms with Crippen LogP contribution in [0.1, 0.15) is 0 Å². The van der Waals surface area contributed by atoms with Crippen LogP contribution in [-0.4, -0.2) is 19.7 Å². The molecule has 0 saturated heterocycles. The van der Waals surface area contributed by atoms with Gasteiger partial charge in [-0.05, 0) is 15.9 Å². The van der Waals surface area contributed by atoms with Crippen molar-refractivity contribution in [1.82, 2.24) is 19.7 Å². The topological polar surface area (TPSA) is 63.6 Å². The van der Waals surface area contributed by atoms with Gasteiger partial charge in [-0.1, -0.05) is 11.8 Å². The van der Waals surface area contributed by atoms with Crippen LogP contribution in [0.25, 0.3) is 0 Å². The second-order valence-electron chi connectivity index (χ2n) is 2.80. The Labute approximate surface area is 98.1 Å². The fourth-order valence-electron chi connectivity index (χ4n) is 1.00. The summed E-state index contributed by atoms with van der Waals surface area (Å²) in [6.07, 6.45) is 4.96. The molecule has 2 rings (SSSR count). The van der Waals surface area contributed by atoms with Crippen molar-refractivity contribution in [1.29, 1.82) is 0 Å². The Balaban J connectivity index is 2.32. The molecule has 2 heterocycles. The fraction of sp³-hybridized carbons (Fsp3) is 0.125. The van der Waals surface area contributed by atoms with E-state index in [1.807, 2.05) is 13.2 Å². The number of hydrogen-bond acceptors (Lipinski definition) is 4. The number of nitrogens with zero attached hydrogens (tertiary/aromatic N) is 3. The molecule has 0 radical (unpaired) electrons. The van der Waals surface area contributed by atoms with Gasteiger partial charge in [-0.3, -0.25) is 9.48 Å². The first-order valence-corrected chi connectivity index (χ1v) is 5.67. The van der Waals surface area contributed by atoms with E-state index < -0.39 is 0 Å². The Morgan fingerprint density at radius 2 is 2.40 bits per heavy atom. The van der Waals surface area contributed by atoms with Crippen molar-refractivity contribution < 1.29 is 0 Å². The number of aromatic nitrogens is 4. The van der Waals surface area contributed by atoms with Crippen LogP contribution in [0, 0.1) is 0 Å². The predicted octanol–water partition coefficient (Wildman–Crippen LogP) is 1.42. The van der Waals surface area contributed by atoms with Crippen molar-refractivity contribution in [3.63, 3.8) is 0 Å². The van der Waals surface area contributed by atoms with Crippen LogP contribution in [0.2, 0.25) is 0 Å². The van der Waals surface area contributed by atoms with Crippen LogP contribution in [-0.2, 0) is 7.05 Å². The second kappa shape index (κ2) is 4.19. The maximum Gasteiger partial charge on any atom is 0.266 e. The standard InChI is InChI=1S/C8H7BrN4OS/c1-13-3-5(2-12-13)15-8-6(9)7(14)10-4-11-8/h2-4H,1H3,(H,10,11,14). The smallest absolute Gasteiger partial charge is 0.266 e. The van der Waals surface area contributed by atoms with Crippen molar-refractivity contribution in [2.75, 3.05) is 0 Å². The van der Waals surface area contributed by atoms with Crippen LogP contribution < -0.4 is 5.56 Å². The van der Waals surface area contributed by atoms with E-state index in [0.717, 1.165) is 4.90 Å². The van der Waals surface area contributed by atoms with Gasteiger partial charge in [0, 0.05) is 13.2 Å². The minimum atomic E-state index is -0.184. The summed E-state index contributed by atoms with van der Waals surface area (Å²) in [5, 5.41) is 4.66. The van der Waals surface area contributed by atoms with Crippen molar-refractivity contribution in [3.05, 3.63) is 33.5 Å². The lowest BCUT2D eigenvalue weighted by Gasteiger charge is -1.98. The average Bonchev–Trinajstić information content (AvgIpc) is 2.59. The minimum Gasteiger partial charge on any atom is -0.312 e. The third kappa shape index (κ3) is 2.29. The van der Waals surface area contributed by atoms with Gasteiger partial charge in [0.25, 0.3) is 5.56 Å². The van der Waals surface area contributed by atoms with E-state index in [1.54, 1.807) is 10.9 Å². The predicted molar refractivity (Wildman–Crippen MR) is 59.9 cm³/mol. The highest BCUT2D eigenvalue weighted by Crippen LogP contribution is 2.28. The zero-order chi connectivity index (χ0) is 10.8. The number of aromatic amines is 1. The van der Waals surface area contributed by atoms with Gasteiger partial charge >= 0.3 is 0 Å². The molecule has 7 heteroatoms. The number of rotatable bonds is 2. The van der Waals surface area contributed by atoms with E-state index in [0.29, 0.717) is 9.50 Å². The van der Waals surface area contributed by atoms with E-state index in [9.17, 15) is 4.79 Å². The third-order valence-electron chi connectivity index (χ3n) is 1.66. The highest BCUT2D eigenvalue weighted by atomic mass is 79.9. The maximum atomic E-state index is 11.3. The van der Waals surface area contributed by atoms with E-state index in [-0.39, 0.29) is 5.56 Å². The zero-order valence-corrected chi connectivity index (χ0v) is 10.2. The summed E-state index contributed by atoms with van der Waals surface area (Å²) in [5.41, 5.74) is -0.184. The highest BCUT2D eigenvalue weighted by Gasteiger charge is 2.07. The van der Waals surface area contributed by atoms with Gasteiger partial charge in [0.2, 0.25) is 0 Å². The average molecular weight is 287 g/mol. The van der Waals surface area contributed by atoms with Crippen molar-refractivity contribution in [2.45, 2.75) is 9.92 Å². The molecule has 0 aliphatic heterocycles. The summed E-state index contributed by atoms with van der Waals surface area (Å²) < 4.78 is 2.14. The molecule has 78 valence electrons. The van der Waals surface area contributed by atoms with Gasteiger partial charge in [0.1, 0.15) is 9.50 Å². The maximum absolute atomic E-state index is 11.3. The SMILES string of the molecule is Cn1cc(Sc2nc[nH]c(=O)c2Br)cn1. The molecule has 5 nitrogen and oxygen atoms in total. The molecule has 0 bridgehead atoms. The fourth-order valence-corrected chi connectivity index (χ4v) is 2.28. The summed E-state index contributed by atoms with van der Waals surface area (Å²) in [6.45, 7) is 0. The summed E-state index contributed by atoms with van der Waals surface area (Å²) in [7, 11) is 1.84. The first-order chi connectivity index (χ1) is 7.16. The number of hydrogen-bond donors (Lipinski definition) is 1. The number of halogens is 1. The zero-order valence-electron chi connectivity index (χ0n) is 7.77. The molecule has 0 aliphatic carbocycles. The van der Waals surface area contributed by atoms with Gasteiger partial charge in [-0.2, -0.15) is 5.10 Å². The van der Waals surface area contributed by atoms with Gasteiger partial charge in [-0.25, -0.2) is 4.98 Å². The lowest BCUT2D eigenvalue weighted by Crippen LogP contribution is -2.07. The molecule has 0 atom stereocenters. The number of nitrogens with one attached hydrogen (secondary N) is 1. The van der Waals surface area contributed by atoms with Gasteiger partial charge in [0.15, 0.2) is 0 Å². The molecule has 0 spiro atoms. The van der Waals surface area contributed by atoms with E-state index in [2.05, 4.69) is 31.0 Å². The highest BCUT2D eigenvalue weighted by molar-refractivity contribution is 9.10. The lowest BCUT2D eigenvalue weighted by atomic mass is 10.7. The number of aryl methyl sites for hydroxylation is 1. The summed E-state index contributed by atoms with van der Waals surface area (Å²) in [5.74, 6) is 0. The monoisotopic (exact) mass is 286 g/mol. The molecule has 0 fully saturated rings. The Kier molecular flexibility index (Phi) is 2.92. The summed E-state index contributed by atoms with van der Waals surface area (Å²) in [6, 6.07) is 0. The molecular formula is C8H7BrN4OS. The van der Waals surface area contributed by atoms with Crippen molar-refractivity contribution in [2.24, 2.45) is 7.05 Å². The lowest BCUT2D eigenvalue weighted by molar-refractivity contribution is 0.766. The van der Waals surface area contributed by atoms with E-state index in [1.165, 1.54) is 18.1 Å². The summed E-state index contributed by atoms with van der Waals surface area (Å²) in [4.78, 5) is 18.8. The molecule has 15 heavy (non-hydrogen) atoms. The normalized spacial score (nSPS) is 10.5. The largest absolute Gasteiger partial charge is 0.312 e. The Bertz CT molecular complexity index is 535. The molecular weight excluding hydrogens is 280 g/mol. The van der Waals surface area contributed by atoms with Gasteiger partial charge < -0.3 is 4.98 Å². The quantitative estimate of drug-likeness (QED) is 0.848. The summed E-state index contributed by atoms with van der Waals surface area (Å²) >= 11 is 4.58. The van der Waals surface area contributed by atoms with Crippen LogP contribution in [0.3, 0.4) is 0 Å².